The average Bonchev–Trinajstić information content (AvgIpc) is 3.20. The van der Waals surface area contributed by atoms with Crippen LogP contribution in [0, 0.1) is 5.92 Å². The SMILES string of the molecule is CN1CCC(C(=O)NC(CC(=O)c2cc(Br)c(N)c(Br)c2)C(=O)N2CCC(N3C(=O)Nc4ccccc4-c4ccccc43)CC2)CC1. The second kappa shape index (κ2) is 14.2. The third-order valence-electron chi connectivity index (χ3n) is 9.48. The number of piperidine rings is 2. The predicted molar refractivity (Wildman–Crippen MR) is 190 cm³/mol. The van der Waals surface area contributed by atoms with Gasteiger partial charge < -0.3 is 26.2 Å². The number of benzene rings is 3. The van der Waals surface area contributed by atoms with E-state index in [9.17, 15) is 19.2 Å². The summed E-state index contributed by atoms with van der Waals surface area (Å²) in [6.07, 6.45) is 2.31. The van der Waals surface area contributed by atoms with Crippen molar-refractivity contribution in [2.45, 2.75) is 44.2 Å². The summed E-state index contributed by atoms with van der Waals surface area (Å²) in [7, 11) is 2.03. The molecule has 12 heteroatoms. The van der Waals surface area contributed by atoms with Gasteiger partial charge in [-0.3, -0.25) is 19.3 Å². The Kier molecular flexibility index (Phi) is 10.00. The largest absolute Gasteiger partial charge is 0.397 e. The van der Waals surface area contributed by atoms with Crippen molar-refractivity contribution in [2.75, 3.05) is 49.2 Å². The highest BCUT2D eigenvalue weighted by atomic mass is 79.9. The molecule has 246 valence electrons. The summed E-state index contributed by atoms with van der Waals surface area (Å²) < 4.78 is 1.13. The lowest BCUT2D eigenvalue weighted by Gasteiger charge is -2.39. The van der Waals surface area contributed by atoms with Crippen LogP contribution >= 0.6 is 31.9 Å². The van der Waals surface area contributed by atoms with Crippen LogP contribution in [0.3, 0.4) is 0 Å². The molecular formula is C35H38Br2N6O4. The van der Waals surface area contributed by atoms with Crippen molar-refractivity contribution in [2.24, 2.45) is 5.92 Å². The van der Waals surface area contributed by atoms with Gasteiger partial charge in [-0.2, -0.15) is 0 Å². The maximum atomic E-state index is 14.1. The standard InChI is InChI=1S/C35H38Br2N6O4/c1-41-14-10-21(11-15-41)33(45)39-29(20-31(44)22-18-26(36)32(38)27(37)19-22)34(46)42-16-12-23(13-17-42)43-30-9-5-3-7-25(30)24-6-2-4-8-28(24)40-35(43)47/h2-9,18-19,21,23,29H,10-17,20,38H2,1H3,(H,39,45)(H,40,47). The smallest absolute Gasteiger partial charge is 0.326 e. The van der Waals surface area contributed by atoms with Crippen LogP contribution in [0.4, 0.5) is 21.9 Å². The Balaban J connectivity index is 1.19. The van der Waals surface area contributed by atoms with Crippen LogP contribution in [-0.4, -0.2) is 78.7 Å². The number of amides is 4. The van der Waals surface area contributed by atoms with Crippen molar-refractivity contribution in [3.05, 3.63) is 75.2 Å². The van der Waals surface area contributed by atoms with E-state index >= 15 is 0 Å². The number of para-hydroxylation sites is 2. The van der Waals surface area contributed by atoms with Gasteiger partial charge in [-0.05, 0) is 102 Å². The number of hydrogen-bond donors (Lipinski definition) is 3. The highest BCUT2D eigenvalue weighted by molar-refractivity contribution is 9.11. The van der Waals surface area contributed by atoms with E-state index in [1.807, 2.05) is 60.5 Å². The number of fused-ring (bicyclic) bond motifs is 3. The summed E-state index contributed by atoms with van der Waals surface area (Å²) in [5.41, 5.74) is 10.4. The number of nitrogens with one attached hydrogen (secondary N) is 2. The van der Waals surface area contributed by atoms with E-state index in [4.69, 9.17) is 5.73 Å². The first-order valence-corrected chi connectivity index (χ1v) is 17.5. The van der Waals surface area contributed by atoms with Crippen molar-refractivity contribution in [3.63, 3.8) is 0 Å². The normalized spacial score (nSPS) is 18.1. The van der Waals surface area contributed by atoms with Gasteiger partial charge in [0.25, 0.3) is 0 Å². The Morgan fingerprint density at radius 3 is 2.21 bits per heavy atom. The molecule has 3 aliphatic heterocycles. The third-order valence-corrected chi connectivity index (χ3v) is 10.8. The predicted octanol–water partition coefficient (Wildman–Crippen LogP) is 5.90. The number of halogens is 2. The molecule has 10 nitrogen and oxygen atoms in total. The van der Waals surface area contributed by atoms with Gasteiger partial charge in [-0.15, -0.1) is 0 Å². The third kappa shape index (κ3) is 7.09. The Morgan fingerprint density at radius 1 is 0.915 bits per heavy atom. The highest BCUT2D eigenvalue weighted by Gasteiger charge is 2.37. The molecule has 4 N–H and O–H groups in total. The van der Waals surface area contributed by atoms with Crippen LogP contribution in [-0.2, 0) is 9.59 Å². The summed E-state index contributed by atoms with van der Waals surface area (Å²) in [5.74, 6) is -0.982. The first kappa shape index (κ1) is 33.2. The second-order valence-corrected chi connectivity index (χ2v) is 14.2. The number of hydrogen-bond acceptors (Lipinski definition) is 6. The maximum Gasteiger partial charge on any atom is 0.326 e. The summed E-state index contributed by atoms with van der Waals surface area (Å²) in [6, 6.07) is 17.5. The molecule has 0 saturated carbocycles. The van der Waals surface area contributed by atoms with Gasteiger partial charge in [0, 0.05) is 57.1 Å². The molecule has 1 unspecified atom stereocenters. The summed E-state index contributed by atoms with van der Waals surface area (Å²) in [4.78, 5) is 60.4. The molecule has 0 radical (unpaired) electrons. The zero-order chi connectivity index (χ0) is 33.2. The van der Waals surface area contributed by atoms with Crippen molar-refractivity contribution >= 4 is 72.6 Å². The van der Waals surface area contributed by atoms with Gasteiger partial charge in [0.05, 0.1) is 17.1 Å². The number of carbonyl (C=O) groups excluding carboxylic acids is 4. The van der Waals surface area contributed by atoms with E-state index in [0.29, 0.717) is 59.0 Å². The summed E-state index contributed by atoms with van der Waals surface area (Å²) >= 11 is 6.80. The number of nitrogen functional groups attached to an aromatic ring is 1. The molecule has 3 heterocycles. The van der Waals surface area contributed by atoms with Crippen LogP contribution in [0.5, 0.6) is 0 Å². The van der Waals surface area contributed by atoms with Crippen LogP contribution in [0.15, 0.2) is 69.6 Å². The van der Waals surface area contributed by atoms with Crippen molar-refractivity contribution in [1.82, 2.24) is 15.1 Å². The second-order valence-electron chi connectivity index (χ2n) is 12.5. The Bertz CT molecular complexity index is 1680. The molecule has 6 rings (SSSR count). The summed E-state index contributed by atoms with van der Waals surface area (Å²) in [6.45, 7) is 2.37. The zero-order valence-corrected chi connectivity index (χ0v) is 29.3. The van der Waals surface area contributed by atoms with Gasteiger partial charge in [0.2, 0.25) is 11.8 Å². The lowest BCUT2D eigenvalue weighted by Crippen LogP contribution is -2.55. The molecule has 2 saturated heterocycles. The minimum atomic E-state index is -1.02. The van der Waals surface area contributed by atoms with E-state index in [2.05, 4.69) is 47.4 Å². The zero-order valence-electron chi connectivity index (χ0n) is 26.2. The Hall–Kier alpha value is -3.74. The molecular weight excluding hydrogens is 728 g/mol. The summed E-state index contributed by atoms with van der Waals surface area (Å²) in [5, 5.41) is 6.04. The number of nitrogens with zero attached hydrogens (tertiary/aromatic N) is 3. The van der Waals surface area contributed by atoms with E-state index in [-0.39, 0.29) is 42.0 Å². The minimum absolute atomic E-state index is 0.145. The topological polar surface area (TPSA) is 128 Å². The molecule has 0 spiro atoms. The molecule has 3 aromatic rings. The number of likely N-dealkylation sites (tertiary alicyclic amines) is 2. The number of nitrogens with two attached hydrogens (primary N) is 1. The quantitative estimate of drug-likeness (QED) is 0.203. The first-order chi connectivity index (χ1) is 22.6. The fourth-order valence-electron chi connectivity index (χ4n) is 6.76. The van der Waals surface area contributed by atoms with Crippen molar-refractivity contribution in [3.8, 4) is 11.1 Å². The molecule has 0 aromatic heterocycles. The Labute approximate surface area is 291 Å². The monoisotopic (exact) mass is 764 g/mol. The molecule has 0 bridgehead atoms. The molecule has 1 atom stereocenters. The number of carbonyl (C=O) groups is 4. The van der Waals surface area contributed by atoms with Crippen LogP contribution in [0.2, 0.25) is 0 Å². The van der Waals surface area contributed by atoms with Gasteiger partial charge in [-0.25, -0.2) is 4.79 Å². The first-order valence-electron chi connectivity index (χ1n) is 15.9. The van der Waals surface area contributed by atoms with Crippen LogP contribution in [0.1, 0.15) is 42.5 Å². The highest BCUT2D eigenvalue weighted by Crippen LogP contribution is 2.40. The number of Topliss-reactive ketones (excluding diaryl/α,β-unsaturated/α-hetero) is 1. The number of urea groups is 1. The van der Waals surface area contributed by atoms with Crippen LogP contribution in [0.25, 0.3) is 11.1 Å². The number of anilines is 3. The van der Waals surface area contributed by atoms with Crippen molar-refractivity contribution in [1.29, 1.82) is 0 Å². The molecule has 3 aliphatic rings. The fraction of sp³-hybridized carbons (Fsp3) is 0.371. The van der Waals surface area contributed by atoms with E-state index in [1.165, 1.54) is 0 Å². The average molecular weight is 767 g/mol. The molecule has 4 amide bonds. The van der Waals surface area contributed by atoms with Crippen molar-refractivity contribution < 1.29 is 19.2 Å². The number of ketones is 1. The van der Waals surface area contributed by atoms with Gasteiger partial charge in [0.15, 0.2) is 5.78 Å². The van der Waals surface area contributed by atoms with E-state index < -0.39 is 6.04 Å². The van der Waals surface area contributed by atoms with Gasteiger partial charge in [0.1, 0.15) is 6.04 Å². The number of rotatable bonds is 7. The van der Waals surface area contributed by atoms with E-state index in [0.717, 1.165) is 35.6 Å². The molecule has 0 aliphatic carbocycles. The van der Waals surface area contributed by atoms with Crippen LogP contribution < -0.4 is 21.3 Å². The maximum absolute atomic E-state index is 14.1. The van der Waals surface area contributed by atoms with Gasteiger partial charge >= 0.3 is 6.03 Å². The Morgan fingerprint density at radius 2 is 1.53 bits per heavy atom. The lowest BCUT2D eigenvalue weighted by atomic mass is 9.94. The lowest BCUT2D eigenvalue weighted by molar-refractivity contribution is -0.138. The minimum Gasteiger partial charge on any atom is -0.397 e. The molecule has 3 aromatic carbocycles. The van der Waals surface area contributed by atoms with Gasteiger partial charge in [-0.1, -0.05) is 36.4 Å². The fourth-order valence-corrected chi connectivity index (χ4v) is 7.95. The molecule has 47 heavy (non-hydrogen) atoms. The molecule has 2 fully saturated rings. The van der Waals surface area contributed by atoms with E-state index in [1.54, 1.807) is 17.0 Å².